The third-order valence-corrected chi connectivity index (χ3v) is 16.1. The van der Waals surface area contributed by atoms with Gasteiger partial charge in [0.05, 0.1) is 22.1 Å². The average Bonchev–Trinajstić information content (AvgIpc) is 4.06. The Morgan fingerprint density at radius 2 is 0.616 bits per heavy atom. The van der Waals surface area contributed by atoms with Crippen molar-refractivity contribution in [3.8, 4) is 67.0 Å². The monoisotopic (exact) mass is 928 g/mol. The zero-order chi connectivity index (χ0) is 48.4. The lowest BCUT2D eigenvalue weighted by Gasteiger charge is -2.22. The smallest absolute Gasteiger partial charge is 0.0541 e. The van der Waals surface area contributed by atoms with E-state index in [0.717, 1.165) is 11.4 Å². The fourth-order valence-electron chi connectivity index (χ4n) is 12.7. The van der Waals surface area contributed by atoms with Gasteiger partial charge in [-0.1, -0.05) is 202 Å². The number of benzene rings is 12. The van der Waals surface area contributed by atoms with Gasteiger partial charge in [0, 0.05) is 38.3 Å². The second-order valence-corrected chi connectivity index (χ2v) is 20.4. The van der Waals surface area contributed by atoms with Crippen LogP contribution in [0, 0.1) is 0 Å². The molecule has 0 spiro atoms. The lowest BCUT2D eigenvalue weighted by atomic mass is 9.81. The lowest BCUT2D eigenvalue weighted by Crippen LogP contribution is -2.14. The van der Waals surface area contributed by atoms with E-state index in [2.05, 4.69) is 278 Å². The zero-order valence-corrected chi connectivity index (χ0v) is 40.6. The highest BCUT2D eigenvalue weighted by Gasteiger charge is 2.35. The molecule has 0 amide bonds. The Hall–Kier alpha value is -9.24. The maximum absolute atomic E-state index is 2.46. The molecule has 0 N–H and O–H groups in total. The standard InChI is InChI=1S/C71H48N2/c1-71(2)63-25-13-10-18-53(63)54-39-32-50(44-64(54)71)49-34-41-68-62(43-49)61-42-48(45-28-35-51(36-29-45)72-65-26-14-11-19-55(65)56-20-12-15-27-66(56)72)33-40-67(61)73(68)52-37-30-47(31-38-52)70-59-23-8-6-21-57(59)69(46-16-4-3-5-17-46)58-22-7-9-24-60(58)70/h3-44H,1-2H3. The Morgan fingerprint density at radius 3 is 1.16 bits per heavy atom. The summed E-state index contributed by atoms with van der Waals surface area (Å²) in [6.07, 6.45) is 0. The van der Waals surface area contributed by atoms with Crippen molar-refractivity contribution in [2.45, 2.75) is 19.3 Å². The summed E-state index contributed by atoms with van der Waals surface area (Å²) >= 11 is 0. The van der Waals surface area contributed by atoms with Gasteiger partial charge in [0.2, 0.25) is 0 Å². The van der Waals surface area contributed by atoms with E-state index < -0.39 is 0 Å². The quantitative estimate of drug-likeness (QED) is 0.147. The second-order valence-electron chi connectivity index (χ2n) is 20.4. The van der Waals surface area contributed by atoms with E-state index in [1.54, 1.807) is 0 Å². The molecule has 2 nitrogen and oxygen atoms in total. The number of hydrogen-bond acceptors (Lipinski definition) is 0. The topological polar surface area (TPSA) is 9.86 Å². The van der Waals surface area contributed by atoms with Crippen LogP contribution in [0.2, 0.25) is 0 Å². The Bertz CT molecular complexity index is 4440. The van der Waals surface area contributed by atoms with Crippen LogP contribution in [0.25, 0.3) is 132 Å². The van der Waals surface area contributed by atoms with E-state index >= 15 is 0 Å². The Morgan fingerprint density at radius 1 is 0.247 bits per heavy atom. The number of para-hydroxylation sites is 2. The van der Waals surface area contributed by atoms with Gasteiger partial charge >= 0.3 is 0 Å². The summed E-state index contributed by atoms with van der Waals surface area (Å²) in [5.74, 6) is 0. The largest absolute Gasteiger partial charge is 0.309 e. The molecule has 0 saturated carbocycles. The van der Waals surface area contributed by atoms with Crippen molar-refractivity contribution < 1.29 is 0 Å². The molecule has 0 aliphatic heterocycles. The molecule has 0 saturated heterocycles. The molecule has 2 heterocycles. The van der Waals surface area contributed by atoms with Crippen molar-refractivity contribution in [1.82, 2.24) is 9.13 Å². The highest BCUT2D eigenvalue weighted by molar-refractivity contribution is 6.21. The third-order valence-electron chi connectivity index (χ3n) is 16.1. The van der Waals surface area contributed by atoms with E-state index in [1.165, 1.54) is 132 Å². The lowest BCUT2D eigenvalue weighted by molar-refractivity contribution is 0.660. The predicted octanol–water partition coefficient (Wildman–Crippen LogP) is 19.2. The summed E-state index contributed by atoms with van der Waals surface area (Å²) < 4.78 is 4.85. The number of hydrogen-bond donors (Lipinski definition) is 0. The molecular formula is C71H48N2. The van der Waals surface area contributed by atoms with Gasteiger partial charge in [-0.2, -0.15) is 0 Å². The highest BCUT2D eigenvalue weighted by Crippen LogP contribution is 2.50. The summed E-state index contributed by atoms with van der Waals surface area (Å²) in [4.78, 5) is 0. The number of rotatable bonds is 6. The van der Waals surface area contributed by atoms with Crippen LogP contribution in [0.5, 0.6) is 0 Å². The van der Waals surface area contributed by atoms with E-state index in [1.807, 2.05) is 0 Å². The average molecular weight is 929 g/mol. The minimum atomic E-state index is -0.0806. The van der Waals surface area contributed by atoms with Gasteiger partial charge in [0.15, 0.2) is 0 Å². The van der Waals surface area contributed by atoms with Crippen LogP contribution in [0.4, 0.5) is 0 Å². The zero-order valence-electron chi connectivity index (χ0n) is 40.6. The van der Waals surface area contributed by atoms with Gasteiger partial charge in [-0.3, -0.25) is 0 Å². The predicted molar refractivity (Wildman–Crippen MR) is 309 cm³/mol. The van der Waals surface area contributed by atoms with Crippen LogP contribution in [-0.4, -0.2) is 9.13 Å². The van der Waals surface area contributed by atoms with Crippen molar-refractivity contribution in [3.63, 3.8) is 0 Å². The number of fused-ring (bicyclic) bond motifs is 11. The molecule has 15 rings (SSSR count). The summed E-state index contributed by atoms with van der Waals surface area (Å²) in [6.45, 7) is 4.73. The SMILES string of the molecule is CC1(C)c2ccccc2-c2ccc(-c3ccc4c(c3)c3cc(-c5ccc(-n6c7ccccc7c7ccccc76)cc5)ccc3n4-c3ccc(-c4c5ccccc5c(-c5ccccc5)c5ccccc45)cc3)cc21. The fourth-order valence-corrected chi connectivity index (χ4v) is 12.7. The molecule has 0 bridgehead atoms. The van der Waals surface area contributed by atoms with Crippen LogP contribution in [-0.2, 0) is 5.41 Å². The van der Waals surface area contributed by atoms with E-state index in [9.17, 15) is 0 Å². The summed E-state index contributed by atoms with van der Waals surface area (Å²) in [7, 11) is 0. The number of aromatic nitrogens is 2. The van der Waals surface area contributed by atoms with E-state index in [0.29, 0.717) is 0 Å². The first-order valence-electron chi connectivity index (χ1n) is 25.5. The Balaban J connectivity index is 0.884. The first kappa shape index (κ1) is 41.5. The van der Waals surface area contributed by atoms with Crippen LogP contribution in [0.3, 0.4) is 0 Å². The van der Waals surface area contributed by atoms with Crippen molar-refractivity contribution in [1.29, 1.82) is 0 Å². The minimum absolute atomic E-state index is 0.0806. The van der Waals surface area contributed by atoms with Gasteiger partial charge in [-0.25, -0.2) is 0 Å². The summed E-state index contributed by atoms with van der Waals surface area (Å²) in [5.41, 5.74) is 22.3. The molecule has 0 atom stereocenters. The molecule has 0 fully saturated rings. The Labute approximate surface area is 424 Å². The molecule has 1 aliphatic carbocycles. The van der Waals surface area contributed by atoms with Crippen LogP contribution < -0.4 is 0 Å². The maximum atomic E-state index is 2.46. The first-order chi connectivity index (χ1) is 36.0. The van der Waals surface area contributed by atoms with Crippen molar-refractivity contribution in [2.24, 2.45) is 0 Å². The van der Waals surface area contributed by atoms with E-state index in [-0.39, 0.29) is 5.41 Å². The van der Waals surface area contributed by atoms with Gasteiger partial charge in [0.25, 0.3) is 0 Å². The van der Waals surface area contributed by atoms with E-state index in [4.69, 9.17) is 0 Å². The third kappa shape index (κ3) is 6.24. The molecule has 2 aromatic heterocycles. The molecular weight excluding hydrogens is 881 g/mol. The van der Waals surface area contributed by atoms with Crippen LogP contribution >= 0.6 is 0 Å². The van der Waals surface area contributed by atoms with Gasteiger partial charge in [-0.05, 0) is 155 Å². The molecule has 0 unspecified atom stereocenters. The maximum Gasteiger partial charge on any atom is 0.0541 e. The van der Waals surface area contributed by atoms with Crippen molar-refractivity contribution >= 4 is 65.2 Å². The normalized spacial score (nSPS) is 12.9. The molecule has 342 valence electrons. The summed E-state index contributed by atoms with van der Waals surface area (Å²) in [6, 6.07) is 94.7. The van der Waals surface area contributed by atoms with Gasteiger partial charge in [0.1, 0.15) is 0 Å². The van der Waals surface area contributed by atoms with Crippen LogP contribution in [0.15, 0.2) is 255 Å². The number of nitrogens with zero attached hydrogens (tertiary/aromatic N) is 2. The first-order valence-corrected chi connectivity index (χ1v) is 25.5. The van der Waals surface area contributed by atoms with Crippen molar-refractivity contribution in [3.05, 3.63) is 266 Å². The molecule has 0 radical (unpaired) electrons. The minimum Gasteiger partial charge on any atom is -0.309 e. The fraction of sp³-hybridized carbons (Fsp3) is 0.0423. The molecule has 2 heteroatoms. The van der Waals surface area contributed by atoms with Gasteiger partial charge < -0.3 is 9.13 Å². The highest BCUT2D eigenvalue weighted by atomic mass is 15.0. The van der Waals surface area contributed by atoms with Crippen molar-refractivity contribution in [2.75, 3.05) is 0 Å². The Kier molecular flexibility index (Phi) is 9.04. The molecule has 1 aliphatic rings. The van der Waals surface area contributed by atoms with Gasteiger partial charge in [-0.15, -0.1) is 0 Å². The second kappa shape index (κ2) is 15.9. The van der Waals surface area contributed by atoms with Crippen LogP contribution in [0.1, 0.15) is 25.0 Å². The molecule has 12 aromatic carbocycles. The summed E-state index contributed by atoms with van der Waals surface area (Å²) in [5, 5.41) is 10.0. The molecule has 14 aromatic rings. The molecule has 73 heavy (non-hydrogen) atoms.